The highest BCUT2D eigenvalue weighted by Crippen LogP contribution is 2.16. The number of hydrogen-bond donors (Lipinski definition) is 1. The SMILES string of the molecule is CC(=O)N1CCCN(c2cc(N)nc(C)n2)CC1. The number of anilines is 2. The van der Waals surface area contributed by atoms with Crippen molar-refractivity contribution in [1.29, 1.82) is 0 Å². The van der Waals surface area contributed by atoms with Crippen LogP contribution in [0.2, 0.25) is 0 Å². The standard InChI is InChI=1S/C12H19N5O/c1-9-14-11(13)8-12(15-9)17-5-3-4-16(6-7-17)10(2)18/h8H,3-7H2,1-2H3,(H2,13,14,15). The quantitative estimate of drug-likeness (QED) is 0.781. The molecule has 0 bridgehead atoms. The zero-order chi connectivity index (χ0) is 13.1. The molecular weight excluding hydrogens is 230 g/mol. The van der Waals surface area contributed by atoms with Gasteiger partial charge in [0.2, 0.25) is 5.91 Å². The first kappa shape index (κ1) is 12.6. The third-order valence-corrected chi connectivity index (χ3v) is 3.11. The van der Waals surface area contributed by atoms with E-state index in [-0.39, 0.29) is 5.91 Å². The van der Waals surface area contributed by atoms with E-state index in [1.54, 1.807) is 13.0 Å². The number of aryl methyl sites for hydroxylation is 1. The minimum absolute atomic E-state index is 0.134. The summed E-state index contributed by atoms with van der Waals surface area (Å²) in [5.41, 5.74) is 5.74. The molecule has 2 heterocycles. The fourth-order valence-corrected chi connectivity index (χ4v) is 2.20. The van der Waals surface area contributed by atoms with E-state index >= 15 is 0 Å². The van der Waals surface area contributed by atoms with Gasteiger partial charge >= 0.3 is 0 Å². The normalized spacial score (nSPS) is 16.6. The van der Waals surface area contributed by atoms with E-state index in [1.165, 1.54) is 0 Å². The van der Waals surface area contributed by atoms with Crippen molar-refractivity contribution < 1.29 is 4.79 Å². The third kappa shape index (κ3) is 2.88. The lowest BCUT2D eigenvalue weighted by Gasteiger charge is -2.22. The Bertz CT molecular complexity index is 428. The van der Waals surface area contributed by atoms with Crippen LogP contribution in [0.15, 0.2) is 6.07 Å². The van der Waals surface area contributed by atoms with Crippen LogP contribution in [0.3, 0.4) is 0 Å². The molecule has 0 unspecified atom stereocenters. The first-order valence-electron chi connectivity index (χ1n) is 6.18. The van der Waals surface area contributed by atoms with Crippen LogP contribution in [-0.2, 0) is 4.79 Å². The lowest BCUT2D eigenvalue weighted by molar-refractivity contribution is -0.128. The van der Waals surface area contributed by atoms with Crippen LogP contribution in [0.4, 0.5) is 11.6 Å². The van der Waals surface area contributed by atoms with E-state index in [1.807, 2.05) is 11.8 Å². The molecule has 6 heteroatoms. The topological polar surface area (TPSA) is 75.4 Å². The van der Waals surface area contributed by atoms with Crippen LogP contribution in [0.25, 0.3) is 0 Å². The minimum Gasteiger partial charge on any atom is -0.384 e. The highest BCUT2D eigenvalue weighted by Gasteiger charge is 2.17. The number of hydrogen-bond acceptors (Lipinski definition) is 5. The van der Waals surface area contributed by atoms with E-state index in [2.05, 4.69) is 14.9 Å². The highest BCUT2D eigenvalue weighted by molar-refractivity contribution is 5.73. The van der Waals surface area contributed by atoms with Crippen molar-refractivity contribution >= 4 is 17.5 Å². The predicted molar refractivity (Wildman–Crippen MR) is 70.3 cm³/mol. The summed E-state index contributed by atoms with van der Waals surface area (Å²) in [6.45, 7) is 6.67. The average Bonchev–Trinajstić information content (AvgIpc) is 2.52. The van der Waals surface area contributed by atoms with Gasteiger partial charge in [0, 0.05) is 39.2 Å². The molecule has 1 aliphatic heterocycles. The van der Waals surface area contributed by atoms with Gasteiger partial charge in [-0.1, -0.05) is 0 Å². The van der Waals surface area contributed by atoms with Gasteiger partial charge in [-0.3, -0.25) is 4.79 Å². The molecule has 2 N–H and O–H groups in total. The Morgan fingerprint density at radius 2 is 2.06 bits per heavy atom. The molecule has 1 saturated heterocycles. The fourth-order valence-electron chi connectivity index (χ4n) is 2.20. The molecule has 0 atom stereocenters. The van der Waals surface area contributed by atoms with Crippen LogP contribution in [0, 0.1) is 6.92 Å². The molecule has 18 heavy (non-hydrogen) atoms. The van der Waals surface area contributed by atoms with Crippen LogP contribution in [0.5, 0.6) is 0 Å². The van der Waals surface area contributed by atoms with Gasteiger partial charge in [-0.15, -0.1) is 0 Å². The molecule has 1 aromatic rings. The van der Waals surface area contributed by atoms with E-state index in [4.69, 9.17) is 5.73 Å². The second kappa shape index (κ2) is 5.20. The summed E-state index contributed by atoms with van der Waals surface area (Å²) in [5, 5.41) is 0. The van der Waals surface area contributed by atoms with Gasteiger partial charge in [0.05, 0.1) is 0 Å². The van der Waals surface area contributed by atoms with Gasteiger partial charge in [0.25, 0.3) is 0 Å². The second-order valence-electron chi connectivity index (χ2n) is 4.54. The van der Waals surface area contributed by atoms with Crippen molar-refractivity contribution in [2.24, 2.45) is 0 Å². The fraction of sp³-hybridized carbons (Fsp3) is 0.583. The molecule has 1 amide bonds. The first-order valence-corrected chi connectivity index (χ1v) is 6.18. The lowest BCUT2D eigenvalue weighted by atomic mass is 10.3. The maximum absolute atomic E-state index is 11.4. The Hall–Kier alpha value is -1.85. The molecule has 1 aromatic heterocycles. The molecule has 1 aliphatic rings. The molecule has 0 radical (unpaired) electrons. The maximum Gasteiger partial charge on any atom is 0.219 e. The maximum atomic E-state index is 11.4. The van der Waals surface area contributed by atoms with Gasteiger partial charge in [-0.25, -0.2) is 9.97 Å². The summed E-state index contributed by atoms with van der Waals surface area (Å²) in [4.78, 5) is 23.9. The Labute approximate surface area is 107 Å². The largest absolute Gasteiger partial charge is 0.384 e. The summed E-state index contributed by atoms with van der Waals surface area (Å²) in [5.74, 6) is 2.16. The molecule has 98 valence electrons. The van der Waals surface area contributed by atoms with Crippen molar-refractivity contribution in [3.63, 3.8) is 0 Å². The van der Waals surface area contributed by atoms with Crippen molar-refractivity contribution in [3.05, 3.63) is 11.9 Å². The number of rotatable bonds is 1. The predicted octanol–water partition coefficient (Wildman–Crippen LogP) is 0.426. The van der Waals surface area contributed by atoms with Crippen LogP contribution < -0.4 is 10.6 Å². The Balaban J connectivity index is 2.12. The molecule has 0 saturated carbocycles. The number of nitrogens with zero attached hydrogens (tertiary/aromatic N) is 4. The summed E-state index contributed by atoms with van der Waals surface area (Å²) in [6, 6.07) is 1.79. The van der Waals surface area contributed by atoms with E-state index < -0.39 is 0 Å². The lowest BCUT2D eigenvalue weighted by Crippen LogP contribution is -2.34. The Morgan fingerprint density at radius 3 is 2.72 bits per heavy atom. The zero-order valence-corrected chi connectivity index (χ0v) is 10.9. The zero-order valence-electron chi connectivity index (χ0n) is 10.9. The Kier molecular flexibility index (Phi) is 3.64. The second-order valence-corrected chi connectivity index (χ2v) is 4.54. The summed E-state index contributed by atoms with van der Waals surface area (Å²) in [6.07, 6.45) is 0.947. The van der Waals surface area contributed by atoms with Gasteiger partial charge in [-0.2, -0.15) is 0 Å². The van der Waals surface area contributed by atoms with Crippen molar-refractivity contribution in [2.45, 2.75) is 20.3 Å². The van der Waals surface area contributed by atoms with E-state index in [0.717, 1.165) is 38.4 Å². The first-order chi connectivity index (χ1) is 8.56. The average molecular weight is 249 g/mol. The number of nitrogen functional groups attached to an aromatic ring is 1. The van der Waals surface area contributed by atoms with Crippen LogP contribution >= 0.6 is 0 Å². The molecule has 1 fully saturated rings. The molecule has 6 nitrogen and oxygen atoms in total. The van der Waals surface area contributed by atoms with Crippen LogP contribution in [-0.4, -0.2) is 47.0 Å². The van der Waals surface area contributed by atoms with E-state index in [9.17, 15) is 4.79 Å². The number of aromatic nitrogens is 2. The number of nitrogens with two attached hydrogens (primary N) is 1. The summed E-state index contributed by atoms with van der Waals surface area (Å²) in [7, 11) is 0. The molecular formula is C12H19N5O. The van der Waals surface area contributed by atoms with Gasteiger partial charge in [0.15, 0.2) is 0 Å². The number of amides is 1. The highest BCUT2D eigenvalue weighted by atomic mass is 16.2. The van der Waals surface area contributed by atoms with E-state index in [0.29, 0.717) is 11.6 Å². The third-order valence-electron chi connectivity index (χ3n) is 3.11. The van der Waals surface area contributed by atoms with Crippen molar-refractivity contribution in [1.82, 2.24) is 14.9 Å². The smallest absolute Gasteiger partial charge is 0.219 e. The summed E-state index contributed by atoms with van der Waals surface area (Å²) < 4.78 is 0. The van der Waals surface area contributed by atoms with Crippen molar-refractivity contribution in [2.75, 3.05) is 36.8 Å². The van der Waals surface area contributed by atoms with Crippen molar-refractivity contribution in [3.8, 4) is 0 Å². The molecule has 0 aliphatic carbocycles. The monoisotopic (exact) mass is 249 g/mol. The van der Waals surface area contributed by atoms with Gasteiger partial charge in [-0.05, 0) is 13.3 Å². The number of carbonyl (C=O) groups excluding carboxylic acids is 1. The number of carbonyl (C=O) groups is 1. The van der Waals surface area contributed by atoms with Crippen LogP contribution in [0.1, 0.15) is 19.2 Å². The van der Waals surface area contributed by atoms with Gasteiger partial charge < -0.3 is 15.5 Å². The van der Waals surface area contributed by atoms with Gasteiger partial charge in [0.1, 0.15) is 17.5 Å². The molecule has 2 rings (SSSR count). The summed E-state index contributed by atoms with van der Waals surface area (Å²) >= 11 is 0. The molecule has 0 aromatic carbocycles. The Morgan fingerprint density at radius 1 is 1.28 bits per heavy atom. The molecule has 0 spiro atoms. The minimum atomic E-state index is 0.134.